The minimum Gasteiger partial charge on any atom is -0.462 e. The van der Waals surface area contributed by atoms with Gasteiger partial charge >= 0.3 is 19.8 Å². The van der Waals surface area contributed by atoms with E-state index in [1.807, 2.05) is 21.1 Å². The lowest BCUT2D eigenvalue weighted by atomic mass is 10.1. The van der Waals surface area contributed by atoms with Crippen molar-refractivity contribution in [1.82, 2.24) is 0 Å². The van der Waals surface area contributed by atoms with Gasteiger partial charge in [-0.15, -0.1) is 0 Å². The van der Waals surface area contributed by atoms with Gasteiger partial charge in [0.25, 0.3) is 0 Å². The first-order chi connectivity index (χ1) is 26.0. The van der Waals surface area contributed by atoms with Gasteiger partial charge in [-0.05, 0) is 70.6 Å². The first-order valence-corrected chi connectivity index (χ1v) is 23.2. The van der Waals surface area contributed by atoms with Crippen LogP contribution in [0.1, 0.15) is 181 Å². The molecule has 0 rings (SSSR count). The molecule has 0 aliphatic heterocycles. The Bertz CT molecular complexity index is 1020. The summed E-state index contributed by atoms with van der Waals surface area (Å²) >= 11 is 0. The smallest absolute Gasteiger partial charge is 0.462 e. The van der Waals surface area contributed by atoms with Crippen molar-refractivity contribution in [3.05, 3.63) is 36.5 Å². The molecule has 0 saturated carbocycles. The Morgan fingerprint density at radius 2 is 1.00 bits per heavy atom. The Morgan fingerprint density at radius 3 is 1.56 bits per heavy atom. The van der Waals surface area contributed by atoms with Gasteiger partial charge in [0.1, 0.15) is 19.8 Å². The van der Waals surface area contributed by atoms with Gasteiger partial charge in [0, 0.05) is 12.8 Å². The third kappa shape index (κ3) is 39.9. The van der Waals surface area contributed by atoms with Crippen molar-refractivity contribution >= 4 is 19.8 Å². The number of allylic oxidation sites excluding steroid dienone is 6. The molecule has 0 heterocycles. The SMILES string of the molecule is CCCCC/C=C/C/C=C/CCCCCCCC(=O)OC[C@H](COP(=O)(O)OCC[N+](C)(C)C)OC(=O)CCCC/C=C/CCCCCCCCCCC. The van der Waals surface area contributed by atoms with E-state index in [1.54, 1.807) is 0 Å². The molecular weight excluding hydrogens is 701 g/mol. The van der Waals surface area contributed by atoms with Crippen LogP contribution in [-0.2, 0) is 32.7 Å². The van der Waals surface area contributed by atoms with Gasteiger partial charge in [0.15, 0.2) is 6.10 Å². The Hall–Kier alpha value is -1.77. The predicted octanol–water partition coefficient (Wildman–Crippen LogP) is 12.1. The first-order valence-electron chi connectivity index (χ1n) is 21.7. The van der Waals surface area contributed by atoms with E-state index in [1.165, 1.54) is 83.5 Å². The predicted molar refractivity (Wildman–Crippen MR) is 224 cm³/mol. The van der Waals surface area contributed by atoms with Crippen molar-refractivity contribution in [2.75, 3.05) is 47.5 Å². The second kappa shape index (κ2) is 36.8. The molecule has 0 saturated heterocycles. The molecule has 316 valence electrons. The van der Waals surface area contributed by atoms with Crippen LogP contribution < -0.4 is 0 Å². The second-order valence-corrected chi connectivity index (χ2v) is 17.2. The average molecular weight is 785 g/mol. The van der Waals surface area contributed by atoms with E-state index in [0.717, 1.165) is 64.2 Å². The molecule has 0 aromatic rings. The van der Waals surface area contributed by atoms with Crippen LogP contribution in [0.25, 0.3) is 0 Å². The van der Waals surface area contributed by atoms with Gasteiger partial charge in [-0.2, -0.15) is 0 Å². The summed E-state index contributed by atoms with van der Waals surface area (Å²) in [5.74, 6) is -0.840. The molecule has 9 nitrogen and oxygen atoms in total. The molecule has 2 atom stereocenters. The number of ether oxygens (including phenoxy) is 2. The summed E-state index contributed by atoms with van der Waals surface area (Å²) in [5, 5.41) is 0. The highest BCUT2D eigenvalue weighted by Crippen LogP contribution is 2.43. The van der Waals surface area contributed by atoms with Gasteiger partial charge in [-0.3, -0.25) is 18.6 Å². The fourth-order valence-electron chi connectivity index (χ4n) is 5.68. The van der Waals surface area contributed by atoms with Crippen molar-refractivity contribution in [2.45, 2.75) is 187 Å². The van der Waals surface area contributed by atoms with E-state index in [2.05, 4.69) is 50.3 Å². The van der Waals surface area contributed by atoms with Crippen LogP contribution in [0.3, 0.4) is 0 Å². The maximum atomic E-state index is 12.7. The van der Waals surface area contributed by atoms with Gasteiger partial charge < -0.3 is 18.9 Å². The standard InChI is InChI=1S/C44H82NO8P/c1-6-8-10-12-14-16-18-20-22-24-26-28-30-32-34-36-43(46)50-40-42(41-52-54(48,49)51-39-38-45(3,4)5)53-44(47)37-35-33-31-29-27-25-23-21-19-17-15-13-11-9-7-2/h14,16,20,22,27,29,42H,6-13,15,17-19,21,23-26,28,30-41H2,1-5H3/p+1/b16-14+,22-20+,29-27+/t42-/m1/s1. The summed E-state index contributed by atoms with van der Waals surface area (Å²) < 4.78 is 34.2. The molecule has 0 aliphatic rings. The number of likely N-dealkylation sites (N-methyl/N-ethyl adjacent to an activating group) is 1. The number of quaternary nitrogens is 1. The number of esters is 2. The Morgan fingerprint density at radius 1 is 0.574 bits per heavy atom. The first kappa shape index (κ1) is 52.2. The van der Waals surface area contributed by atoms with Crippen LogP contribution in [0.2, 0.25) is 0 Å². The molecule has 1 unspecified atom stereocenters. The minimum atomic E-state index is -4.38. The molecule has 54 heavy (non-hydrogen) atoms. The van der Waals surface area contributed by atoms with Crippen molar-refractivity contribution in [3.8, 4) is 0 Å². The molecule has 0 fully saturated rings. The summed E-state index contributed by atoms with van der Waals surface area (Å²) in [7, 11) is 1.46. The Balaban J connectivity index is 4.42. The lowest BCUT2D eigenvalue weighted by Gasteiger charge is -2.24. The molecule has 0 aliphatic carbocycles. The largest absolute Gasteiger partial charge is 0.472 e. The Labute approximate surface area is 331 Å². The van der Waals surface area contributed by atoms with Crippen LogP contribution >= 0.6 is 7.82 Å². The van der Waals surface area contributed by atoms with E-state index >= 15 is 0 Å². The van der Waals surface area contributed by atoms with Gasteiger partial charge in [-0.1, -0.05) is 134 Å². The third-order valence-corrected chi connectivity index (χ3v) is 10.1. The van der Waals surface area contributed by atoms with Crippen molar-refractivity contribution in [1.29, 1.82) is 0 Å². The normalized spacial score (nSPS) is 14.0. The maximum absolute atomic E-state index is 12.7. The van der Waals surface area contributed by atoms with Crippen LogP contribution in [0, 0.1) is 0 Å². The van der Waals surface area contributed by atoms with E-state index in [-0.39, 0.29) is 32.0 Å². The van der Waals surface area contributed by atoms with E-state index in [4.69, 9.17) is 18.5 Å². The monoisotopic (exact) mass is 785 g/mol. The number of rotatable bonds is 39. The highest BCUT2D eigenvalue weighted by Gasteiger charge is 2.27. The fourth-order valence-corrected chi connectivity index (χ4v) is 6.43. The quantitative estimate of drug-likeness (QED) is 0.0216. The Kier molecular flexibility index (Phi) is 35.6. The van der Waals surface area contributed by atoms with Crippen LogP contribution in [0.4, 0.5) is 0 Å². The van der Waals surface area contributed by atoms with Crippen molar-refractivity contribution in [2.24, 2.45) is 0 Å². The molecule has 0 aromatic carbocycles. The van der Waals surface area contributed by atoms with E-state index in [0.29, 0.717) is 17.4 Å². The van der Waals surface area contributed by atoms with Gasteiger partial charge in [0.05, 0.1) is 27.7 Å². The number of phosphoric acid groups is 1. The number of phosphoric ester groups is 1. The zero-order chi connectivity index (χ0) is 40.0. The molecule has 0 amide bonds. The molecule has 0 aromatic heterocycles. The van der Waals surface area contributed by atoms with Crippen LogP contribution in [0.5, 0.6) is 0 Å². The summed E-state index contributed by atoms with van der Waals surface area (Å²) in [6.45, 7) is 4.35. The lowest BCUT2D eigenvalue weighted by molar-refractivity contribution is -0.870. The fraction of sp³-hybridized carbons (Fsp3) is 0.818. The summed E-state index contributed by atoms with van der Waals surface area (Å²) in [6, 6.07) is 0. The molecule has 1 N–H and O–H groups in total. The van der Waals surface area contributed by atoms with Crippen LogP contribution in [0.15, 0.2) is 36.5 Å². The summed E-state index contributed by atoms with van der Waals surface area (Å²) in [6.07, 6.45) is 40.5. The highest BCUT2D eigenvalue weighted by atomic mass is 31.2. The van der Waals surface area contributed by atoms with Crippen LogP contribution in [-0.4, -0.2) is 74.9 Å². The van der Waals surface area contributed by atoms with Gasteiger partial charge in [0.2, 0.25) is 0 Å². The van der Waals surface area contributed by atoms with Gasteiger partial charge in [-0.25, -0.2) is 4.57 Å². The van der Waals surface area contributed by atoms with Crippen molar-refractivity contribution in [3.63, 3.8) is 0 Å². The van der Waals surface area contributed by atoms with E-state index < -0.39 is 26.5 Å². The molecule has 0 radical (unpaired) electrons. The topological polar surface area (TPSA) is 108 Å². The zero-order valence-corrected chi connectivity index (χ0v) is 36.3. The number of nitrogens with zero attached hydrogens (tertiary/aromatic N) is 1. The number of hydrogen-bond acceptors (Lipinski definition) is 7. The highest BCUT2D eigenvalue weighted by molar-refractivity contribution is 7.47. The number of carbonyl (C=O) groups is 2. The maximum Gasteiger partial charge on any atom is 0.472 e. The van der Waals surface area contributed by atoms with Crippen molar-refractivity contribution < 1.29 is 42.1 Å². The lowest BCUT2D eigenvalue weighted by Crippen LogP contribution is -2.37. The summed E-state index contributed by atoms with van der Waals surface area (Å²) in [5.41, 5.74) is 0. The molecule has 10 heteroatoms. The molecular formula is C44H83NO8P+. The number of unbranched alkanes of at least 4 members (excludes halogenated alkanes) is 19. The number of hydrogen-bond donors (Lipinski definition) is 1. The van der Waals surface area contributed by atoms with E-state index in [9.17, 15) is 19.0 Å². The molecule has 0 bridgehead atoms. The minimum absolute atomic E-state index is 0.0257. The average Bonchev–Trinajstić information content (AvgIpc) is 3.12. The summed E-state index contributed by atoms with van der Waals surface area (Å²) in [4.78, 5) is 35.3. The molecule has 0 spiro atoms. The second-order valence-electron chi connectivity index (χ2n) is 15.7. The zero-order valence-electron chi connectivity index (χ0n) is 35.5. The number of carbonyl (C=O) groups excluding carboxylic acids is 2. The third-order valence-electron chi connectivity index (χ3n) is 9.14.